The van der Waals surface area contributed by atoms with Crippen LogP contribution in [0.3, 0.4) is 0 Å². The van der Waals surface area contributed by atoms with Crippen molar-refractivity contribution in [3.63, 3.8) is 0 Å². The molecule has 0 spiro atoms. The summed E-state index contributed by atoms with van der Waals surface area (Å²) in [6, 6.07) is 2.89. The summed E-state index contributed by atoms with van der Waals surface area (Å²) >= 11 is 0. The molecule has 0 aliphatic heterocycles. The van der Waals surface area contributed by atoms with Crippen LogP contribution in [0.2, 0.25) is 0 Å². The molecule has 0 saturated heterocycles. The molecule has 0 radical (unpaired) electrons. The first-order valence-electron chi connectivity index (χ1n) is 4.28. The molecule has 0 unspecified atom stereocenters. The number of hydrogen-bond donors (Lipinski definition) is 3. The van der Waals surface area contributed by atoms with E-state index in [1.165, 1.54) is 18.3 Å². The van der Waals surface area contributed by atoms with Crippen molar-refractivity contribution in [3.05, 3.63) is 23.9 Å². The molecule has 0 fully saturated rings. The number of carboxylic acids is 1. The van der Waals surface area contributed by atoms with Gasteiger partial charge in [0.2, 0.25) is 0 Å². The Kier molecular flexibility index (Phi) is 3.87. The molecular weight excluding hydrogens is 184 g/mol. The van der Waals surface area contributed by atoms with Crippen molar-refractivity contribution in [1.82, 2.24) is 4.98 Å². The lowest BCUT2D eigenvalue weighted by Gasteiger charge is -2.04. The monoisotopic (exact) mass is 196 g/mol. The van der Waals surface area contributed by atoms with E-state index in [4.69, 9.17) is 10.2 Å². The highest BCUT2D eigenvalue weighted by Crippen LogP contribution is 2.06. The zero-order valence-corrected chi connectivity index (χ0v) is 7.60. The van der Waals surface area contributed by atoms with Gasteiger partial charge in [0.05, 0.1) is 5.56 Å². The van der Waals surface area contributed by atoms with Gasteiger partial charge in [0.25, 0.3) is 0 Å². The molecule has 1 aromatic heterocycles. The van der Waals surface area contributed by atoms with Gasteiger partial charge in [-0.2, -0.15) is 0 Å². The minimum Gasteiger partial charge on any atom is -0.478 e. The normalized spacial score (nSPS) is 9.79. The number of nitrogens with one attached hydrogen (secondary N) is 1. The largest absolute Gasteiger partial charge is 0.478 e. The van der Waals surface area contributed by atoms with Gasteiger partial charge in [-0.1, -0.05) is 0 Å². The minimum atomic E-state index is -0.974. The molecule has 76 valence electrons. The SMILES string of the molecule is O=C(O)c1ccnc(NCCCO)c1. The van der Waals surface area contributed by atoms with Crippen molar-refractivity contribution < 1.29 is 15.0 Å². The Morgan fingerprint density at radius 3 is 3.00 bits per heavy atom. The summed E-state index contributed by atoms with van der Waals surface area (Å²) in [6.07, 6.45) is 2.05. The van der Waals surface area contributed by atoms with Crippen molar-refractivity contribution in [2.24, 2.45) is 0 Å². The van der Waals surface area contributed by atoms with Crippen LogP contribution in [0.4, 0.5) is 5.82 Å². The fourth-order valence-corrected chi connectivity index (χ4v) is 0.956. The number of aromatic carboxylic acids is 1. The van der Waals surface area contributed by atoms with E-state index in [-0.39, 0.29) is 12.2 Å². The molecule has 1 aromatic rings. The lowest BCUT2D eigenvalue weighted by Crippen LogP contribution is -2.06. The Balaban J connectivity index is 2.59. The van der Waals surface area contributed by atoms with Crippen molar-refractivity contribution in [1.29, 1.82) is 0 Å². The highest BCUT2D eigenvalue weighted by molar-refractivity contribution is 5.88. The van der Waals surface area contributed by atoms with Crippen LogP contribution in [0.25, 0.3) is 0 Å². The summed E-state index contributed by atoms with van der Waals surface area (Å²) in [6.45, 7) is 0.679. The highest BCUT2D eigenvalue weighted by atomic mass is 16.4. The zero-order chi connectivity index (χ0) is 10.4. The van der Waals surface area contributed by atoms with Gasteiger partial charge < -0.3 is 15.5 Å². The van der Waals surface area contributed by atoms with Crippen molar-refractivity contribution >= 4 is 11.8 Å². The maximum Gasteiger partial charge on any atom is 0.335 e. The average Bonchev–Trinajstić information content (AvgIpc) is 2.19. The van der Waals surface area contributed by atoms with Crippen LogP contribution < -0.4 is 5.32 Å². The minimum absolute atomic E-state index is 0.103. The summed E-state index contributed by atoms with van der Waals surface area (Å²) in [5.74, 6) is -0.462. The number of anilines is 1. The number of aliphatic hydroxyl groups excluding tert-OH is 1. The molecule has 0 aromatic carbocycles. The second kappa shape index (κ2) is 5.18. The van der Waals surface area contributed by atoms with Gasteiger partial charge in [-0.25, -0.2) is 9.78 Å². The molecule has 0 amide bonds. The van der Waals surface area contributed by atoms with Crippen molar-refractivity contribution in [2.45, 2.75) is 6.42 Å². The Bertz CT molecular complexity index is 315. The third-order valence-corrected chi connectivity index (χ3v) is 1.65. The van der Waals surface area contributed by atoms with Crippen LogP contribution in [-0.2, 0) is 0 Å². The van der Waals surface area contributed by atoms with Gasteiger partial charge in [0.15, 0.2) is 0 Å². The van der Waals surface area contributed by atoms with Crippen molar-refractivity contribution in [2.75, 3.05) is 18.5 Å². The van der Waals surface area contributed by atoms with E-state index in [1.54, 1.807) is 0 Å². The summed E-state index contributed by atoms with van der Waals surface area (Å²) in [7, 11) is 0. The van der Waals surface area contributed by atoms with Crippen LogP contribution in [0, 0.1) is 0 Å². The molecule has 5 heteroatoms. The first-order valence-corrected chi connectivity index (χ1v) is 4.28. The second-order valence-electron chi connectivity index (χ2n) is 2.74. The number of pyridine rings is 1. The summed E-state index contributed by atoms with van der Waals surface area (Å²) < 4.78 is 0. The van der Waals surface area contributed by atoms with E-state index >= 15 is 0 Å². The van der Waals surface area contributed by atoms with E-state index < -0.39 is 5.97 Å². The fraction of sp³-hybridized carbons (Fsp3) is 0.333. The molecule has 1 rings (SSSR count). The molecule has 0 aliphatic carbocycles. The topological polar surface area (TPSA) is 82.5 Å². The van der Waals surface area contributed by atoms with Crippen LogP contribution in [0.1, 0.15) is 16.8 Å². The second-order valence-corrected chi connectivity index (χ2v) is 2.74. The number of aliphatic hydroxyl groups is 1. The Hall–Kier alpha value is -1.62. The van der Waals surface area contributed by atoms with Gasteiger partial charge in [0.1, 0.15) is 5.82 Å². The third kappa shape index (κ3) is 3.02. The Morgan fingerprint density at radius 2 is 2.36 bits per heavy atom. The summed E-state index contributed by atoms with van der Waals surface area (Å²) in [5, 5.41) is 20.1. The van der Waals surface area contributed by atoms with E-state index in [0.717, 1.165) is 0 Å². The number of hydrogen-bond acceptors (Lipinski definition) is 4. The predicted molar refractivity (Wildman–Crippen MR) is 51.4 cm³/mol. The third-order valence-electron chi connectivity index (χ3n) is 1.65. The van der Waals surface area contributed by atoms with Crippen LogP contribution in [0.15, 0.2) is 18.3 Å². The van der Waals surface area contributed by atoms with Crippen LogP contribution >= 0.6 is 0 Å². The number of aromatic nitrogens is 1. The molecule has 5 nitrogen and oxygen atoms in total. The quantitative estimate of drug-likeness (QED) is 0.600. The molecule has 0 aliphatic rings. The lowest BCUT2D eigenvalue weighted by molar-refractivity contribution is 0.0697. The molecule has 0 saturated carbocycles. The van der Waals surface area contributed by atoms with E-state index in [0.29, 0.717) is 18.8 Å². The van der Waals surface area contributed by atoms with Crippen LogP contribution in [0.5, 0.6) is 0 Å². The molecule has 0 atom stereocenters. The van der Waals surface area contributed by atoms with E-state index in [2.05, 4.69) is 10.3 Å². The number of carboxylic acid groups (broad SMARTS) is 1. The number of rotatable bonds is 5. The predicted octanol–water partition coefficient (Wildman–Crippen LogP) is 0.574. The van der Waals surface area contributed by atoms with E-state index in [1.807, 2.05) is 0 Å². The fourth-order valence-electron chi connectivity index (χ4n) is 0.956. The average molecular weight is 196 g/mol. The van der Waals surface area contributed by atoms with Gasteiger partial charge in [-0.3, -0.25) is 0 Å². The number of carbonyl (C=O) groups is 1. The van der Waals surface area contributed by atoms with Gasteiger partial charge in [-0.15, -0.1) is 0 Å². The summed E-state index contributed by atoms with van der Waals surface area (Å²) in [5.41, 5.74) is 0.200. The van der Waals surface area contributed by atoms with Gasteiger partial charge in [0, 0.05) is 19.3 Å². The maximum absolute atomic E-state index is 10.6. The summed E-state index contributed by atoms with van der Waals surface area (Å²) in [4.78, 5) is 14.5. The number of nitrogens with zero attached hydrogens (tertiary/aromatic N) is 1. The van der Waals surface area contributed by atoms with Gasteiger partial charge >= 0.3 is 5.97 Å². The lowest BCUT2D eigenvalue weighted by atomic mass is 10.2. The van der Waals surface area contributed by atoms with Crippen LogP contribution in [-0.4, -0.2) is 34.3 Å². The molecule has 1 heterocycles. The van der Waals surface area contributed by atoms with E-state index in [9.17, 15) is 4.79 Å². The van der Waals surface area contributed by atoms with Gasteiger partial charge in [-0.05, 0) is 18.6 Å². The first-order chi connectivity index (χ1) is 6.74. The smallest absolute Gasteiger partial charge is 0.335 e. The first kappa shape index (κ1) is 10.5. The molecule has 0 bridgehead atoms. The van der Waals surface area contributed by atoms with Crippen molar-refractivity contribution in [3.8, 4) is 0 Å². The Labute approximate surface area is 81.4 Å². The zero-order valence-electron chi connectivity index (χ0n) is 7.60. The Morgan fingerprint density at radius 1 is 1.57 bits per heavy atom. The molecule has 14 heavy (non-hydrogen) atoms. The molecular formula is C9H12N2O3. The molecule has 3 N–H and O–H groups in total. The standard InChI is InChI=1S/C9H12N2O3/c12-5-1-3-10-8-6-7(9(13)14)2-4-11-8/h2,4,6,12H,1,3,5H2,(H,10,11)(H,13,14). The maximum atomic E-state index is 10.6. The highest BCUT2D eigenvalue weighted by Gasteiger charge is 2.02.